The van der Waals surface area contributed by atoms with Crippen LogP contribution < -0.4 is 0 Å². The number of hydrogen-bond acceptors (Lipinski definition) is 4. The molecule has 90 valence electrons. The number of nitrogens with zero attached hydrogens (tertiary/aromatic N) is 2. The van der Waals surface area contributed by atoms with Crippen molar-refractivity contribution < 1.29 is 0 Å². The SMILES string of the molecule is CN(CCSc1ccccc1)Cc1cscn1. The Morgan fingerprint density at radius 3 is 2.82 bits per heavy atom. The molecule has 17 heavy (non-hydrogen) atoms. The average molecular weight is 264 g/mol. The summed E-state index contributed by atoms with van der Waals surface area (Å²) in [6.45, 7) is 2.02. The van der Waals surface area contributed by atoms with Gasteiger partial charge in [-0.3, -0.25) is 4.90 Å². The summed E-state index contributed by atoms with van der Waals surface area (Å²) in [5, 5.41) is 2.11. The molecular formula is C13H16N2S2. The van der Waals surface area contributed by atoms with Gasteiger partial charge in [-0.05, 0) is 19.2 Å². The quantitative estimate of drug-likeness (QED) is 0.744. The van der Waals surface area contributed by atoms with E-state index >= 15 is 0 Å². The van der Waals surface area contributed by atoms with Crippen molar-refractivity contribution >= 4 is 23.1 Å². The molecule has 0 aliphatic rings. The van der Waals surface area contributed by atoms with Gasteiger partial charge in [0.25, 0.3) is 0 Å². The molecule has 0 atom stereocenters. The van der Waals surface area contributed by atoms with Gasteiger partial charge in [-0.15, -0.1) is 23.1 Å². The number of aromatic nitrogens is 1. The van der Waals surface area contributed by atoms with Crippen LogP contribution >= 0.6 is 23.1 Å². The van der Waals surface area contributed by atoms with Gasteiger partial charge >= 0.3 is 0 Å². The molecule has 0 unspecified atom stereocenters. The van der Waals surface area contributed by atoms with Gasteiger partial charge in [0, 0.05) is 29.1 Å². The molecule has 0 amide bonds. The summed E-state index contributed by atoms with van der Waals surface area (Å²) in [6.07, 6.45) is 0. The molecule has 1 heterocycles. The predicted molar refractivity (Wildman–Crippen MR) is 75.6 cm³/mol. The Morgan fingerprint density at radius 1 is 1.29 bits per heavy atom. The van der Waals surface area contributed by atoms with Gasteiger partial charge in [0.05, 0.1) is 11.2 Å². The zero-order valence-corrected chi connectivity index (χ0v) is 11.5. The second-order valence-electron chi connectivity index (χ2n) is 3.88. The predicted octanol–water partition coefficient (Wildman–Crippen LogP) is 3.37. The molecule has 0 fully saturated rings. The maximum atomic E-state index is 4.29. The monoisotopic (exact) mass is 264 g/mol. The normalized spacial score (nSPS) is 10.9. The second-order valence-corrected chi connectivity index (χ2v) is 5.77. The summed E-state index contributed by atoms with van der Waals surface area (Å²) < 4.78 is 0. The molecular weight excluding hydrogens is 248 g/mol. The van der Waals surface area contributed by atoms with Gasteiger partial charge in [0.1, 0.15) is 0 Å². The van der Waals surface area contributed by atoms with Crippen LogP contribution in [-0.2, 0) is 6.54 Å². The molecule has 0 bridgehead atoms. The average Bonchev–Trinajstić information content (AvgIpc) is 2.83. The van der Waals surface area contributed by atoms with Crippen molar-refractivity contribution in [3.8, 4) is 0 Å². The maximum Gasteiger partial charge on any atom is 0.0795 e. The van der Waals surface area contributed by atoms with E-state index in [9.17, 15) is 0 Å². The lowest BCUT2D eigenvalue weighted by Gasteiger charge is -2.14. The summed E-state index contributed by atoms with van der Waals surface area (Å²) in [5.74, 6) is 1.12. The van der Waals surface area contributed by atoms with Crippen LogP contribution in [0.2, 0.25) is 0 Å². The van der Waals surface area contributed by atoms with Crippen molar-refractivity contribution in [2.75, 3.05) is 19.3 Å². The van der Waals surface area contributed by atoms with Crippen molar-refractivity contribution in [3.63, 3.8) is 0 Å². The summed E-state index contributed by atoms with van der Waals surface area (Å²) in [5.41, 5.74) is 3.06. The molecule has 0 aliphatic carbocycles. The van der Waals surface area contributed by atoms with Crippen molar-refractivity contribution in [2.45, 2.75) is 11.4 Å². The minimum atomic E-state index is 0.943. The third-order valence-corrected chi connectivity index (χ3v) is 4.03. The van der Waals surface area contributed by atoms with Crippen LogP contribution in [-0.4, -0.2) is 29.2 Å². The van der Waals surface area contributed by atoms with Crippen molar-refractivity contribution in [3.05, 3.63) is 46.9 Å². The molecule has 0 spiro atoms. The van der Waals surface area contributed by atoms with E-state index in [-0.39, 0.29) is 0 Å². The minimum Gasteiger partial charge on any atom is -0.300 e. The van der Waals surface area contributed by atoms with Gasteiger partial charge < -0.3 is 0 Å². The zero-order valence-electron chi connectivity index (χ0n) is 9.87. The van der Waals surface area contributed by atoms with E-state index in [1.807, 2.05) is 17.3 Å². The first-order valence-electron chi connectivity index (χ1n) is 5.58. The van der Waals surface area contributed by atoms with Crippen LogP contribution in [0.25, 0.3) is 0 Å². The van der Waals surface area contributed by atoms with Crippen molar-refractivity contribution in [1.29, 1.82) is 0 Å². The highest BCUT2D eigenvalue weighted by Gasteiger charge is 2.02. The molecule has 0 N–H and O–H groups in total. The van der Waals surface area contributed by atoms with E-state index in [0.29, 0.717) is 0 Å². The van der Waals surface area contributed by atoms with E-state index in [4.69, 9.17) is 0 Å². The number of benzene rings is 1. The number of hydrogen-bond donors (Lipinski definition) is 0. The van der Waals surface area contributed by atoms with E-state index in [0.717, 1.165) is 18.8 Å². The molecule has 0 saturated carbocycles. The van der Waals surface area contributed by atoms with E-state index in [1.54, 1.807) is 11.3 Å². The minimum absolute atomic E-state index is 0.943. The third-order valence-electron chi connectivity index (χ3n) is 2.40. The standard InChI is InChI=1S/C13H16N2S2/c1-15(9-12-10-16-11-14-12)7-8-17-13-5-3-2-4-6-13/h2-6,10-11H,7-9H2,1H3. The van der Waals surface area contributed by atoms with Crippen molar-refractivity contribution in [1.82, 2.24) is 9.88 Å². The lowest BCUT2D eigenvalue weighted by molar-refractivity contribution is 0.345. The lowest BCUT2D eigenvalue weighted by Crippen LogP contribution is -2.20. The summed E-state index contributed by atoms with van der Waals surface area (Å²) in [4.78, 5) is 7.95. The van der Waals surface area contributed by atoms with Gasteiger partial charge in [-0.25, -0.2) is 4.98 Å². The first kappa shape index (κ1) is 12.6. The fourth-order valence-corrected chi connectivity index (χ4v) is 3.05. The van der Waals surface area contributed by atoms with Crippen LogP contribution in [0.1, 0.15) is 5.69 Å². The smallest absolute Gasteiger partial charge is 0.0795 e. The summed E-state index contributed by atoms with van der Waals surface area (Å²) >= 11 is 3.56. The Morgan fingerprint density at radius 2 is 2.12 bits per heavy atom. The largest absolute Gasteiger partial charge is 0.300 e. The molecule has 2 aromatic rings. The van der Waals surface area contributed by atoms with Crippen molar-refractivity contribution in [2.24, 2.45) is 0 Å². The van der Waals surface area contributed by atoms with Gasteiger partial charge in [-0.1, -0.05) is 18.2 Å². The Hall–Kier alpha value is -0.840. The second kappa shape index (κ2) is 6.79. The number of thioether (sulfide) groups is 1. The maximum absolute atomic E-state index is 4.29. The zero-order chi connectivity index (χ0) is 11.9. The molecule has 1 aromatic carbocycles. The highest BCUT2D eigenvalue weighted by Crippen LogP contribution is 2.16. The molecule has 1 aromatic heterocycles. The first-order chi connectivity index (χ1) is 8.34. The summed E-state index contributed by atoms with van der Waals surface area (Å²) in [6, 6.07) is 10.5. The molecule has 0 radical (unpaired) electrons. The lowest BCUT2D eigenvalue weighted by atomic mass is 10.4. The Bertz CT molecular complexity index is 414. The fraction of sp³-hybridized carbons (Fsp3) is 0.308. The molecule has 2 nitrogen and oxygen atoms in total. The van der Waals surface area contributed by atoms with Crippen LogP contribution in [0.15, 0.2) is 46.1 Å². The fourth-order valence-electron chi connectivity index (χ4n) is 1.51. The third kappa shape index (κ3) is 4.50. The Labute approximate surface area is 111 Å². The summed E-state index contributed by atoms with van der Waals surface area (Å²) in [7, 11) is 2.14. The molecule has 2 rings (SSSR count). The highest BCUT2D eigenvalue weighted by atomic mass is 32.2. The number of rotatable bonds is 6. The molecule has 0 saturated heterocycles. The van der Waals surface area contributed by atoms with E-state index in [2.05, 4.69) is 52.6 Å². The highest BCUT2D eigenvalue weighted by molar-refractivity contribution is 7.99. The van der Waals surface area contributed by atoms with Crippen LogP contribution in [0.3, 0.4) is 0 Å². The Kier molecular flexibility index (Phi) is 5.04. The Balaban J connectivity index is 1.68. The van der Waals surface area contributed by atoms with Gasteiger partial charge in [-0.2, -0.15) is 0 Å². The number of thiazole rings is 1. The topological polar surface area (TPSA) is 16.1 Å². The van der Waals surface area contributed by atoms with E-state index in [1.165, 1.54) is 10.6 Å². The first-order valence-corrected chi connectivity index (χ1v) is 7.51. The van der Waals surface area contributed by atoms with Crippen LogP contribution in [0.4, 0.5) is 0 Å². The van der Waals surface area contributed by atoms with E-state index < -0.39 is 0 Å². The van der Waals surface area contributed by atoms with Gasteiger partial charge in [0.2, 0.25) is 0 Å². The molecule has 0 aliphatic heterocycles. The molecule has 4 heteroatoms. The van der Waals surface area contributed by atoms with Crippen LogP contribution in [0.5, 0.6) is 0 Å². The van der Waals surface area contributed by atoms with Crippen LogP contribution in [0, 0.1) is 0 Å². The van der Waals surface area contributed by atoms with Gasteiger partial charge in [0.15, 0.2) is 0 Å².